The number of hydrogen-bond acceptors (Lipinski definition) is 1. The first kappa shape index (κ1) is 12.6. The lowest BCUT2D eigenvalue weighted by Crippen LogP contribution is -2.17. The summed E-state index contributed by atoms with van der Waals surface area (Å²) in [5.74, 6) is -2.89. The molecule has 2 aromatic carbocycles. The molecule has 1 nitrogen and oxygen atoms in total. The van der Waals surface area contributed by atoms with Gasteiger partial charge in [-0.15, -0.1) is 0 Å². The van der Waals surface area contributed by atoms with Crippen molar-refractivity contribution in [1.82, 2.24) is 0 Å². The van der Waals surface area contributed by atoms with Crippen molar-refractivity contribution < 1.29 is 13.2 Å². The summed E-state index contributed by atoms with van der Waals surface area (Å²) in [6, 6.07) is 7.36. The van der Waals surface area contributed by atoms with E-state index in [0.29, 0.717) is 17.7 Å². The van der Waals surface area contributed by atoms with Gasteiger partial charge in [-0.1, -0.05) is 24.3 Å². The van der Waals surface area contributed by atoms with Crippen LogP contribution in [0, 0.1) is 24.4 Å². The highest BCUT2D eigenvalue weighted by Gasteiger charge is 2.20. The van der Waals surface area contributed by atoms with Crippen molar-refractivity contribution in [2.45, 2.75) is 13.0 Å². The van der Waals surface area contributed by atoms with Crippen LogP contribution in [0.4, 0.5) is 13.2 Å². The summed E-state index contributed by atoms with van der Waals surface area (Å²) < 4.78 is 40.1. The molecule has 0 radical (unpaired) electrons. The highest BCUT2D eigenvalue weighted by Crippen LogP contribution is 2.27. The van der Waals surface area contributed by atoms with Crippen LogP contribution in [0.3, 0.4) is 0 Å². The molecule has 0 spiro atoms. The van der Waals surface area contributed by atoms with Gasteiger partial charge in [0.1, 0.15) is 17.5 Å². The summed E-state index contributed by atoms with van der Waals surface area (Å²) in [6.45, 7) is 1.80. The second kappa shape index (κ2) is 4.82. The van der Waals surface area contributed by atoms with Crippen molar-refractivity contribution in [2.75, 3.05) is 0 Å². The molecule has 0 aliphatic rings. The van der Waals surface area contributed by atoms with Crippen LogP contribution in [0.25, 0.3) is 0 Å². The molecule has 2 N–H and O–H groups in total. The third kappa shape index (κ3) is 2.24. The predicted octanol–water partition coefficient (Wildman–Crippen LogP) is 3.46. The Morgan fingerprint density at radius 2 is 1.56 bits per heavy atom. The fourth-order valence-electron chi connectivity index (χ4n) is 1.94. The van der Waals surface area contributed by atoms with Gasteiger partial charge in [0, 0.05) is 17.7 Å². The van der Waals surface area contributed by atoms with Crippen molar-refractivity contribution >= 4 is 0 Å². The number of nitrogens with two attached hydrogens (primary N) is 1. The zero-order chi connectivity index (χ0) is 13.3. The maximum Gasteiger partial charge on any atom is 0.134 e. The molecule has 0 heterocycles. The average Bonchev–Trinajstić information content (AvgIpc) is 2.27. The zero-order valence-electron chi connectivity index (χ0n) is 9.75. The van der Waals surface area contributed by atoms with Gasteiger partial charge in [0.2, 0.25) is 0 Å². The van der Waals surface area contributed by atoms with E-state index >= 15 is 0 Å². The topological polar surface area (TPSA) is 26.0 Å². The van der Waals surface area contributed by atoms with Crippen LogP contribution >= 0.6 is 0 Å². The Kier molecular flexibility index (Phi) is 3.39. The van der Waals surface area contributed by atoms with Crippen molar-refractivity contribution in [3.05, 3.63) is 70.5 Å². The van der Waals surface area contributed by atoms with Crippen molar-refractivity contribution in [1.29, 1.82) is 0 Å². The van der Waals surface area contributed by atoms with Crippen LogP contribution in [0.2, 0.25) is 0 Å². The number of halogens is 3. The maximum absolute atomic E-state index is 13.6. The van der Waals surface area contributed by atoms with Gasteiger partial charge in [0.15, 0.2) is 0 Å². The summed E-state index contributed by atoms with van der Waals surface area (Å²) in [5, 5.41) is 0. The number of rotatable bonds is 2. The molecule has 1 unspecified atom stereocenters. The van der Waals surface area contributed by atoms with Gasteiger partial charge in [0.25, 0.3) is 0 Å². The van der Waals surface area contributed by atoms with E-state index in [1.807, 2.05) is 6.07 Å². The molecule has 0 aromatic heterocycles. The second-order valence-electron chi connectivity index (χ2n) is 4.12. The zero-order valence-corrected chi connectivity index (χ0v) is 9.75. The normalized spacial score (nSPS) is 12.5. The van der Waals surface area contributed by atoms with E-state index < -0.39 is 23.5 Å². The Morgan fingerprint density at radius 3 is 2.11 bits per heavy atom. The van der Waals surface area contributed by atoms with Crippen LogP contribution in [0.5, 0.6) is 0 Å². The molecule has 2 rings (SSSR count). The summed E-state index contributed by atoms with van der Waals surface area (Å²) >= 11 is 0. The Balaban J connectivity index is 2.53. The first-order chi connectivity index (χ1) is 8.50. The number of aryl methyl sites for hydroxylation is 1. The maximum atomic E-state index is 13.6. The molecule has 2 aromatic rings. The van der Waals surface area contributed by atoms with Gasteiger partial charge in [0.05, 0.1) is 6.04 Å². The molecule has 4 heteroatoms. The Morgan fingerprint density at radius 1 is 1.00 bits per heavy atom. The van der Waals surface area contributed by atoms with E-state index in [9.17, 15) is 13.2 Å². The molecular weight excluding hydrogens is 239 g/mol. The van der Waals surface area contributed by atoms with Crippen molar-refractivity contribution in [2.24, 2.45) is 5.73 Å². The number of benzene rings is 2. The van der Waals surface area contributed by atoms with Crippen LogP contribution in [-0.2, 0) is 0 Å². The molecule has 0 saturated heterocycles. The van der Waals surface area contributed by atoms with Crippen molar-refractivity contribution in [3.8, 4) is 0 Å². The van der Waals surface area contributed by atoms with Crippen LogP contribution in [-0.4, -0.2) is 0 Å². The van der Waals surface area contributed by atoms with Gasteiger partial charge in [-0.25, -0.2) is 13.2 Å². The first-order valence-electron chi connectivity index (χ1n) is 5.46. The minimum Gasteiger partial charge on any atom is -0.320 e. The quantitative estimate of drug-likeness (QED) is 0.869. The molecule has 1 atom stereocenters. The Labute approximate surface area is 103 Å². The standard InChI is InChI=1S/C14H12F3N/c1-8-4-2-3-5-10(8)14(18)13-11(16)6-9(15)7-12(13)17/h2-7,14H,18H2,1H3. The van der Waals surface area contributed by atoms with E-state index in [-0.39, 0.29) is 5.56 Å². The first-order valence-corrected chi connectivity index (χ1v) is 5.46. The lowest BCUT2D eigenvalue weighted by atomic mass is 9.95. The van der Waals surface area contributed by atoms with Crippen LogP contribution < -0.4 is 5.73 Å². The average molecular weight is 251 g/mol. The van der Waals surface area contributed by atoms with E-state index in [4.69, 9.17) is 5.73 Å². The van der Waals surface area contributed by atoms with E-state index in [0.717, 1.165) is 5.56 Å². The lowest BCUT2D eigenvalue weighted by Gasteiger charge is -2.16. The summed E-state index contributed by atoms with van der Waals surface area (Å²) in [5.41, 5.74) is 6.99. The predicted molar refractivity (Wildman–Crippen MR) is 63.5 cm³/mol. The highest BCUT2D eigenvalue weighted by atomic mass is 19.1. The molecule has 0 fully saturated rings. The van der Waals surface area contributed by atoms with Gasteiger partial charge < -0.3 is 5.73 Å². The minimum absolute atomic E-state index is 0.314. The van der Waals surface area contributed by atoms with Gasteiger partial charge in [-0.3, -0.25) is 0 Å². The van der Waals surface area contributed by atoms with Gasteiger partial charge in [-0.05, 0) is 18.1 Å². The van der Waals surface area contributed by atoms with Crippen LogP contribution in [0.1, 0.15) is 22.7 Å². The van der Waals surface area contributed by atoms with E-state index in [1.54, 1.807) is 25.1 Å². The molecular formula is C14H12F3N. The monoisotopic (exact) mass is 251 g/mol. The molecule has 0 amide bonds. The fourth-order valence-corrected chi connectivity index (χ4v) is 1.94. The Hall–Kier alpha value is -1.81. The minimum atomic E-state index is -0.969. The van der Waals surface area contributed by atoms with Gasteiger partial charge >= 0.3 is 0 Å². The second-order valence-corrected chi connectivity index (χ2v) is 4.12. The SMILES string of the molecule is Cc1ccccc1C(N)c1c(F)cc(F)cc1F. The molecule has 18 heavy (non-hydrogen) atoms. The number of hydrogen-bond donors (Lipinski definition) is 1. The summed E-state index contributed by atoms with van der Waals surface area (Å²) in [4.78, 5) is 0. The third-order valence-electron chi connectivity index (χ3n) is 2.88. The Bertz CT molecular complexity index is 558. The van der Waals surface area contributed by atoms with Gasteiger partial charge in [-0.2, -0.15) is 0 Å². The van der Waals surface area contributed by atoms with E-state index in [1.165, 1.54) is 0 Å². The van der Waals surface area contributed by atoms with Crippen LogP contribution in [0.15, 0.2) is 36.4 Å². The molecule has 0 saturated carbocycles. The highest BCUT2D eigenvalue weighted by molar-refractivity contribution is 5.37. The van der Waals surface area contributed by atoms with E-state index in [2.05, 4.69) is 0 Å². The smallest absolute Gasteiger partial charge is 0.134 e. The lowest BCUT2D eigenvalue weighted by molar-refractivity contribution is 0.515. The largest absolute Gasteiger partial charge is 0.320 e. The molecule has 94 valence electrons. The molecule has 0 aliphatic carbocycles. The van der Waals surface area contributed by atoms with Crippen molar-refractivity contribution in [3.63, 3.8) is 0 Å². The third-order valence-corrected chi connectivity index (χ3v) is 2.88. The molecule has 0 bridgehead atoms. The summed E-state index contributed by atoms with van der Waals surface area (Å²) in [7, 11) is 0. The molecule has 0 aliphatic heterocycles. The summed E-state index contributed by atoms with van der Waals surface area (Å²) in [6.07, 6.45) is 0. The fraction of sp³-hybridized carbons (Fsp3) is 0.143.